The van der Waals surface area contributed by atoms with Gasteiger partial charge in [-0.25, -0.2) is 5.84 Å². The third-order valence-corrected chi connectivity index (χ3v) is 1.88. The second-order valence-corrected chi connectivity index (χ2v) is 2.80. The lowest BCUT2D eigenvalue weighted by Crippen LogP contribution is -3.14. The average Bonchev–Trinajstić information content (AvgIpc) is 2.31. The summed E-state index contributed by atoms with van der Waals surface area (Å²) in [5, 5.41) is 1.51. The fourth-order valence-electron chi connectivity index (χ4n) is 1.38. The molecular weight excluding hydrogens is 156 g/mol. The van der Waals surface area contributed by atoms with Gasteiger partial charge in [-0.2, -0.15) is 9.89 Å². The number of hydrogen-bond acceptors (Lipinski definition) is 5. The first-order valence-electron chi connectivity index (χ1n) is 3.57. The first kappa shape index (κ1) is 7.14. The summed E-state index contributed by atoms with van der Waals surface area (Å²) >= 11 is 0. The van der Waals surface area contributed by atoms with Crippen LogP contribution < -0.4 is 22.2 Å². The van der Waals surface area contributed by atoms with Crippen LogP contribution in [0.1, 0.15) is 0 Å². The maximum atomic E-state index is 5.70. The van der Waals surface area contributed by atoms with Gasteiger partial charge in [0, 0.05) is 0 Å². The van der Waals surface area contributed by atoms with Gasteiger partial charge in [0.2, 0.25) is 5.82 Å². The van der Waals surface area contributed by atoms with Gasteiger partial charge in [-0.1, -0.05) is 0 Å². The third kappa shape index (κ3) is 0.858. The maximum Gasteiger partial charge on any atom is 0.309 e. The summed E-state index contributed by atoms with van der Waals surface area (Å²) in [6.07, 6.45) is 3.35. The predicted molar refractivity (Wildman–Crippen MR) is 43.8 cm³/mol. The van der Waals surface area contributed by atoms with Crippen LogP contribution in [0.25, 0.3) is 0 Å². The molecule has 0 aromatic rings. The molecule has 2 aliphatic rings. The second-order valence-electron chi connectivity index (χ2n) is 2.80. The number of guanidine groups is 1. The number of quaternary nitrogens is 1. The fraction of sp³-hybridized carbons (Fsp3) is 0.167. The molecule has 0 aromatic heterocycles. The second kappa shape index (κ2) is 2.23. The van der Waals surface area contributed by atoms with Crippen molar-refractivity contribution in [2.45, 2.75) is 0 Å². The molecule has 12 heavy (non-hydrogen) atoms. The summed E-state index contributed by atoms with van der Waals surface area (Å²) in [6.45, 7) is 0.611. The van der Waals surface area contributed by atoms with Gasteiger partial charge in [-0.15, -0.1) is 0 Å². The lowest BCUT2D eigenvalue weighted by molar-refractivity contribution is -0.721. The van der Waals surface area contributed by atoms with Crippen LogP contribution in [0.4, 0.5) is 0 Å². The van der Waals surface area contributed by atoms with E-state index >= 15 is 0 Å². The van der Waals surface area contributed by atoms with E-state index in [1.807, 2.05) is 0 Å². The van der Waals surface area contributed by atoms with Crippen molar-refractivity contribution in [3.63, 3.8) is 0 Å². The van der Waals surface area contributed by atoms with E-state index in [-0.39, 0.29) is 0 Å². The van der Waals surface area contributed by atoms with Crippen molar-refractivity contribution in [1.82, 2.24) is 5.01 Å². The van der Waals surface area contributed by atoms with Crippen molar-refractivity contribution >= 4 is 5.96 Å². The summed E-state index contributed by atoms with van der Waals surface area (Å²) in [5.74, 6) is 6.61. The minimum Gasteiger partial charge on any atom is -0.353 e. The number of rotatable bonds is 0. The molecule has 64 valence electrons. The number of nitrogens with zero attached hydrogens (tertiary/aromatic N) is 2. The molecule has 0 saturated carbocycles. The zero-order valence-corrected chi connectivity index (χ0v) is 6.49. The lowest BCUT2D eigenvalue weighted by atomic mass is 10.3. The molecule has 7 N–H and O–H groups in total. The van der Waals surface area contributed by atoms with E-state index in [2.05, 4.69) is 4.99 Å². The van der Waals surface area contributed by atoms with Crippen molar-refractivity contribution in [3.8, 4) is 0 Å². The van der Waals surface area contributed by atoms with Gasteiger partial charge in [0.05, 0.1) is 12.4 Å². The monoisotopic (exact) mass is 167 g/mol. The predicted octanol–water partition coefficient (Wildman–Crippen LogP) is -3.01. The lowest BCUT2D eigenvalue weighted by Gasteiger charge is -2.24. The van der Waals surface area contributed by atoms with Crippen LogP contribution in [0, 0.1) is 0 Å². The Hall–Kier alpha value is -1.53. The summed E-state index contributed by atoms with van der Waals surface area (Å²) in [6, 6.07) is 0. The molecule has 2 heterocycles. The Morgan fingerprint density at radius 3 is 3.00 bits per heavy atom. The van der Waals surface area contributed by atoms with Crippen molar-refractivity contribution < 1.29 is 4.90 Å². The van der Waals surface area contributed by atoms with Crippen LogP contribution in [-0.4, -0.2) is 17.5 Å². The van der Waals surface area contributed by atoms with Gasteiger partial charge in [-0.3, -0.25) is 0 Å². The molecule has 0 spiro atoms. The Kier molecular flexibility index (Phi) is 1.32. The van der Waals surface area contributed by atoms with Crippen molar-refractivity contribution in [2.24, 2.45) is 22.3 Å². The van der Waals surface area contributed by atoms with Gasteiger partial charge in [0.25, 0.3) is 0 Å². The minimum absolute atomic E-state index is 0.479. The third-order valence-electron chi connectivity index (χ3n) is 1.88. The smallest absolute Gasteiger partial charge is 0.309 e. The zero-order valence-electron chi connectivity index (χ0n) is 6.49. The van der Waals surface area contributed by atoms with Gasteiger partial charge in [0.1, 0.15) is 6.54 Å². The highest BCUT2D eigenvalue weighted by Gasteiger charge is 2.32. The van der Waals surface area contributed by atoms with Gasteiger partial charge >= 0.3 is 5.96 Å². The van der Waals surface area contributed by atoms with E-state index < -0.39 is 0 Å². The topological polar surface area (TPSA) is 98.1 Å². The normalized spacial score (nSPS) is 27.6. The Morgan fingerprint density at radius 2 is 2.25 bits per heavy atom. The van der Waals surface area contributed by atoms with E-state index in [1.54, 1.807) is 12.4 Å². The van der Waals surface area contributed by atoms with E-state index in [1.165, 1.54) is 5.01 Å². The Labute approximate surface area is 69.6 Å². The maximum absolute atomic E-state index is 5.70. The molecule has 1 atom stereocenters. The molecule has 0 saturated heterocycles. The number of fused-ring (bicyclic) bond motifs is 1. The van der Waals surface area contributed by atoms with Gasteiger partial charge < -0.3 is 16.5 Å². The summed E-state index contributed by atoms with van der Waals surface area (Å²) in [7, 11) is 0. The van der Waals surface area contributed by atoms with Crippen molar-refractivity contribution in [1.29, 1.82) is 0 Å². The highest BCUT2D eigenvalue weighted by Crippen LogP contribution is 2.00. The molecule has 0 amide bonds. The first-order valence-corrected chi connectivity index (χ1v) is 3.57. The van der Waals surface area contributed by atoms with Crippen LogP contribution in [0.15, 0.2) is 28.9 Å². The molecule has 1 unspecified atom stereocenters. The van der Waals surface area contributed by atoms with Crippen LogP contribution in [0.3, 0.4) is 0 Å². The van der Waals surface area contributed by atoms with Crippen LogP contribution in [0.2, 0.25) is 0 Å². The first-order chi connectivity index (χ1) is 5.68. The molecule has 0 bridgehead atoms. The van der Waals surface area contributed by atoms with E-state index in [0.29, 0.717) is 18.3 Å². The minimum atomic E-state index is 0.479. The zero-order chi connectivity index (χ0) is 8.72. The number of nitrogens with two attached hydrogens (primary N) is 3. The van der Waals surface area contributed by atoms with Crippen molar-refractivity contribution in [2.75, 3.05) is 6.54 Å². The quantitative estimate of drug-likeness (QED) is 0.289. The van der Waals surface area contributed by atoms with Crippen LogP contribution in [0.5, 0.6) is 0 Å². The molecule has 2 aliphatic heterocycles. The molecule has 6 heteroatoms. The van der Waals surface area contributed by atoms with Crippen molar-refractivity contribution in [3.05, 3.63) is 23.9 Å². The molecule has 2 rings (SSSR count). The molecule has 0 fully saturated rings. The number of aliphatic imine (C=N–C) groups is 1. The number of hydrazine groups is 1. The average molecular weight is 167 g/mol. The Balaban J connectivity index is 2.36. The molecule has 6 nitrogen and oxygen atoms in total. The highest BCUT2D eigenvalue weighted by atomic mass is 15.5. The highest BCUT2D eigenvalue weighted by molar-refractivity contribution is 5.73. The van der Waals surface area contributed by atoms with E-state index in [4.69, 9.17) is 17.3 Å². The van der Waals surface area contributed by atoms with Gasteiger partial charge in [0.15, 0.2) is 5.70 Å². The molecular formula is C6H11N6+. The van der Waals surface area contributed by atoms with Crippen LogP contribution >= 0.6 is 0 Å². The summed E-state index contributed by atoms with van der Waals surface area (Å²) in [5.41, 5.74) is 12.3. The van der Waals surface area contributed by atoms with E-state index in [0.717, 1.165) is 10.6 Å². The van der Waals surface area contributed by atoms with Crippen LogP contribution in [-0.2, 0) is 0 Å². The largest absolute Gasteiger partial charge is 0.353 e. The molecule has 0 radical (unpaired) electrons. The Morgan fingerprint density at radius 1 is 1.50 bits per heavy atom. The fourth-order valence-corrected chi connectivity index (χ4v) is 1.38. The standard InChI is InChI=1S/C6H10N6/c7-5-3-11(9)2-4-1-10-6(8)12(4)5/h1,3H,2,7,9H2,(H2,8,10)/p+1. The SMILES string of the molecule is NC1=CN(N)CC2=CN=C(N)[NH+]12. The molecule has 0 aromatic carbocycles. The van der Waals surface area contributed by atoms with E-state index in [9.17, 15) is 0 Å². The summed E-state index contributed by atoms with van der Waals surface area (Å²) in [4.78, 5) is 4.79. The Bertz CT molecular complexity index is 301. The molecule has 0 aliphatic carbocycles. The summed E-state index contributed by atoms with van der Waals surface area (Å²) < 4.78 is 0. The number of hydrogen-bond donors (Lipinski definition) is 4. The van der Waals surface area contributed by atoms with Gasteiger partial charge in [-0.05, 0) is 0 Å². The number of nitrogens with one attached hydrogen (secondary N) is 1.